The zero-order valence-corrected chi connectivity index (χ0v) is 16.3. The topological polar surface area (TPSA) is 145 Å². The molecule has 0 fully saturated rings. The van der Waals surface area contributed by atoms with E-state index in [4.69, 9.17) is 16.2 Å². The van der Waals surface area contributed by atoms with Crippen molar-refractivity contribution in [2.45, 2.75) is 25.8 Å². The molecular weight excluding hydrogens is 372 g/mol. The maximum atomic E-state index is 12.8. The number of nitrogens with one attached hydrogen (secondary N) is 3. The molecule has 152 valence electrons. The van der Waals surface area contributed by atoms with Gasteiger partial charge < -0.3 is 32.2 Å². The van der Waals surface area contributed by atoms with Gasteiger partial charge in [-0.1, -0.05) is 0 Å². The number of carbonyl (C=O) groups excluding carboxylic acids is 1. The second-order valence-electron chi connectivity index (χ2n) is 7.02. The number of fused-ring (bicyclic) bond motifs is 2. The second kappa shape index (κ2) is 7.38. The monoisotopic (exact) mass is 396 g/mol. The minimum Gasteiger partial charge on any atom is -0.489 e. The van der Waals surface area contributed by atoms with Crippen LogP contribution in [0.15, 0.2) is 47.3 Å². The first-order chi connectivity index (χ1) is 14.0. The van der Waals surface area contributed by atoms with Crippen LogP contribution in [0.5, 0.6) is 0 Å². The molecule has 2 aliphatic rings. The highest BCUT2D eigenvalue weighted by molar-refractivity contribution is 5.94. The number of rotatable bonds is 1. The van der Waals surface area contributed by atoms with E-state index in [0.717, 1.165) is 23.4 Å². The van der Waals surface area contributed by atoms with Crippen molar-refractivity contribution in [2.75, 3.05) is 24.3 Å². The largest absolute Gasteiger partial charge is 0.489 e. The summed E-state index contributed by atoms with van der Waals surface area (Å²) in [6.07, 6.45) is 6.20. The van der Waals surface area contributed by atoms with E-state index >= 15 is 0 Å². The summed E-state index contributed by atoms with van der Waals surface area (Å²) in [7, 11) is 1.80. The van der Waals surface area contributed by atoms with Crippen LogP contribution in [0.25, 0.3) is 5.65 Å². The predicted molar refractivity (Wildman–Crippen MR) is 110 cm³/mol. The SMILES string of the molecule is CNc1cc2nn3c(cnc13)C(=O)NC(C)CO/C(=C/N)C1=C(N)CCC(=C1)N2. The molecule has 10 heteroatoms. The summed E-state index contributed by atoms with van der Waals surface area (Å²) in [5.41, 5.74) is 16.0. The molecule has 3 heterocycles. The lowest BCUT2D eigenvalue weighted by Gasteiger charge is -2.23. The lowest BCUT2D eigenvalue weighted by Crippen LogP contribution is -2.36. The molecule has 1 atom stereocenters. The Kier molecular flexibility index (Phi) is 4.75. The van der Waals surface area contributed by atoms with Gasteiger partial charge in [-0.25, -0.2) is 9.50 Å². The molecule has 10 nitrogen and oxygen atoms in total. The van der Waals surface area contributed by atoms with Crippen LogP contribution >= 0.6 is 0 Å². The number of allylic oxidation sites excluding steroid dienone is 3. The number of ether oxygens (including phenoxy) is 1. The van der Waals surface area contributed by atoms with E-state index in [0.29, 0.717) is 35.0 Å². The Bertz CT molecular complexity index is 1070. The molecule has 0 spiro atoms. The highest BCUT2D eigenvalue weighted by atomic mass is 16.5. The summed E-state index contributed by atoms with van der Waals surface area (Å²) in [6.45, 7) is 2.08. The van der Waals surface area contributed by atoms with E-state index in [1.165, 1.54) is 16.9 Å². The van der Waals surface area contributed by atoms with Gasteiger partial charge in [0.2, 0.25) is 0 Å². The van der Waals surface area contributed by atoms with Gasteiger partial charge in [-0.05, 0) is 25.8 Å². The van der Waals surface area contributed by atoms with Crippen molar-refractivity contribution < 1.29 is 9.53 Å². The van der Waals surface area contributed by atoms with Crippen LogP contribution in [0, 0.1) is 0 Å². The van der Waals surface area contributed by atoms with Crippen LogP contribution < -0.4 is 27.4 Å². The Morgan fingerprint density at radius 3 is 3.00 bits per heavy atom. The van der Waals surface area contributed by atoms with Crippen molar-refractivity contribution in [3.63, 3.8) is 0 Å². The van der Waals surface area contributed by atoms with Gasteiger partial charge in [0.05, 0.1) is 17.9 Å². The van der Waals surface area contributed by atoms with Crippen LogP contribution in [0.2, 0.25) is 0 Å². The molecule has 1 aliphatic carbocycles. The highest BCUT2D eigenvalue weighted by Crippen LogP contribution is 2.28. The van der Waals surface area contributed by atoms with E-state index < -0.39 is 0 Å². The molecule has 29 heavy (non-hydrogen) atoms. The summed E-state index contributed by atoms with van der Waals surface area (Å²) in [4.78, 5) is 17.1. The third kappa shape index (κ3) is 3.44. The predicted octanol–water partition coefficient (Wildman–Crippen LogP) is 1.02. The Balaban J connectivity index is 1.86. The van der Waals surface area contributed by atoms with Gasteiger partial charge in [-0.2, -0.15) is 0 Å². The molecule has 2 aromatic heterocycles. The maximum Gasteiger partial charge on any atom is 0.271 e. The number of carbonyl (C=O) groups is 1. The Labute approximate surface area is 167 Å². The Hall–Kier alpha value is -3.69. The second-order valence-corrected chi connectivity index (χ2v) is 7.02. The minimum absolute atomic E-state index is 0.235. The Morgan fingerprint density at radius 1 is 1.41 bits per heavy atom. The van der Waals surface area contributed by atoms with Crippen LogP contribution in [0.1, 0.15) is 30.3 Å². The maximum absolute atomic E-state index is 12.8. The number of amides is 1. The van der Waals surface area contributed by atoms with Gasteiger partial charge in [-0.3, -0.25) is 4.79 Å². The summed E-state index contributed by atoms with van der Waals surface area (Å²) in [5, 5.41) is 13.9. The third-order valence-corrected chi connectivity index (χ3v) is 4.87. The number of nitrogens with two attached hydrogens (primary N) is 2. The van der Waals surface area contributed by atoms with Crippen molar-refractivity contribution in [2.24, 2.45) is 11.5 Å². The van der Waals surface area contributed by atoms with E-state index in [-0.39, 0.29) is 18.6 Å². The molecule has 0 saturated heterocycles. The number of imidazole rings is 1. The van der Waals surface area contributed by atoms with E-state index in [1.807, 2.05) is 19.1 Å². The highest BCUT2D eigenvalue weighted by Gasteiger charge is 2.22. The number of hydrogen-bond acceptors (Lipinski definition) is 8. The van der Waals surface area contributed by atoms with Crippen LogP contribution in [0.4, 0.5) is 11.5 Å². The van der Waals surface area contributed by atoms with Crippen molar-refractivity contribution >= 4 is 23.1 Å². The molecule has 4 rings (SSSR count). The van der Waals surface area contributed by atoms with E-state index in [1.54, 1.807) is 7.05 Å². The average molecular weight is 396 g/mol. The zero-order chi connectivity index (χ0) is 20.5. The molecule has 1 amide bonds. The van der Waals surface area contributed by atoms with Gasteiger partial charge in [0.15, 0.2) is 17.2 Å². The third-order valence-electron chi connectivity index (χ3n) is 4.87. The molecule has 0 saturated carbocycles. The first-order valence-corrected chi connectivity index (χ1v) is 9.38. The fraction of sp³-hybridized carbons (Fsp3) is 0.316. The molecule has 1 aliphatic heterocycles. The number of anilines is 2. The molecule has 0 aromatic carbocycles. The fourth-order valence-corrected chi connectivity index (χ4v) is 3.37. The van der Waals surface area contributed by atoms with Crippen molar-refractivity contribution in [3.8, 4) is 0 Å². The van der Waals surface area contributed by atoms with E-state index in [2.05, 4.69) is 26.0 Å². The molecule has 1 unspecified atom stereocenters. The minimum atomic E-state index is -0.297. The molecule has 0 radical (unpaired) electrons. The number of nitrogens with zero attached hydrogens (tertiary/aromatic N) is 3. The van der Waals surface area contributed by atoms with Crippen molar-refractivity contribution in [1.82, 2.24) is 19.9 Å². The van der Waals surface area contributed by atoms with Gasteiger partial charge in [0.1, 0.15) is 12.4 Å². The lowest BCUT2D eigenvalue weighted by molar-refractivity contribution is 0.0905. The summed E-state index contributed by atoms with van der Waals surface area (Å²) in [5.74, 6) is 0.752. The standard InChI is InChI=1S/C19H24N8O2/c1-10-9-29-16(7-20)12-5-11(3-4-13(12)21)25-17-6-14(22-2)18-23-8-15(19(28)24-10)27(18)26-17/h5-8,10,22H,3-4,9,20-21H2,1-2H3,(H,24,28)(H,25,26)/b16-7+. The molecule has 4 bridgehead atoms. The zero-order valence-electron chi connectivity index (χ0n) is 16.3. The normalized spacial score (nSPS) is 21.3. The van der Waals surface area contributed by atoms with Crippen molar-refractivity contribution in [1.29, 1.82) is 0 Å². The van der Waals surface area contributed by atoms with Crippen LogP contribution in [-0.4, -0.2) is 40.2 Å². The van der Waals surface area contributed by atoms with Gasteiger partial charge in [0, 0.05) is 36.3 Å². The Morgan fingerprint density at radius 2 is 2.24 bits per heavy atom. The molecular formula is C19H24N8O2. The molecule has 2 aromatic rings. The average Bonchev–Trinajstić information content (AvgIpc) is 3.13. The summed E-state index contributed by atoms with van der Waals surface area (Å²) >= 11 is 0. The molecule has 7 N–H and O–H groups in total. The quantitative estimate of drug-likeness (QED) is 0.480. The summed E-state index contributed by atoms with van der Waals surface area (Å²) < 4.78 is 7.39. The van der Waals surface area contributed by atoms with Crippen LogP contribution in [-0.2, 0) is 4.74 Å². The summed E-state index contributed by atoms with van der Waals surface area (Å²) in [6, 6.07) is 1.57. The first kappa shape index (κ1) is 18.7. The fourth-order valence-electron chi connectivity index (χ4n) is 3.37. The van der Waals surface area contributed by atoms with Crippen molar-refractivity contribution in [3.05, 3.63) is 53.0 Å². The smallest absolute Gasteiger partial charge is 0.271 e. The van der Waals surface area contributed by atoms with Gasteiger partial charge in [-0.15, -0.1) is 5.10 Å². The van der Waals surface area contributed by atoms with Gasteiger partial charge in [0.25, 0.3) is 5.91 Å². The number of aromatic nitrogens is 3. The number of hydrogen-bond donors (Lipinski definition) is 5. The van der Waals surface area contributed by atoms with Gasteiger partial charge >= 0.3 is 0 Å². The van der Waals surface area contributed by atoms with E-state index in [9.17, 15) is 4.79 Å². The van der Waals surface area contributed by atoms with Crippen LogP contribution in [0.3, 0.4) is 0 Å². The first-order valence-electron chi connectivity index (χ1n) is 9.38. The lowest BCUT2D eigenvalue weighted by atomic mass is 9.99.